The van der Waals surface area contributed by atoms with Gasteiger partial charge in [-0.2, -0.15) is 11.8 Å². The third-order valence-corrected chi connectivity index (χ3v) is 4.83. The quantitative estimate of drug-likeness (QED) is 0.763. The van der Waals surface area contributed by atoms with Crippen LogP contribution in [-0.2, 0) is 9.84 Å². The summed E-state index contributed by atoms with van der Waals surface area (Å²) in [6.45, 7) is 0. The average molecular weight is 224 g/mol. The van der Waals surface area contributed by atoms with Gasteiger partial charge in [-0.3, -0.25) is 0 Å². The molecule has 0 aromatic heterocycles. The monoisotopic (exact) mass is 224 g/mol. The molecule has 0 spiro atoms. The number of sulfone groups is 1. The third kappa shape index (κ3) is 4.33. The van der Waals surface area contributed by atoms with Gasteiger partial charge in [-0.05, 0) is 19.3 Å². The van der Waals surface area contributed by atoms with Crippen molar-refractivity contribution in [1.29, 1.82) is 0 Å². The van der Waals surface area contributed by atoms with Crippen molar-refractivity contribution in [2.45, 2.75) is 30.6 Å². The lowest BCUT2D eigenvalue weighted by molar-refractivity contribution is 0.188. The molecule has 0 aromatic carbocycles. The summed E-state index contributed by atoms with van der Waals surface area (Å²) in [4.78, 5) is 0. The lowest BCUT2D eigenvalue weighted by Crippen LogP contribution is -2.17. The predicted octanol–water partition coefficient (Wildman–Crippen LogP) is 0.678. The molecule has 0 radical (unpaired) electrons. The SMILES string of the molecule is CS(=O)(=O)CCSC1CCCC1O. The molecule has 1 rings (SSSR count). The van der Waals surface area contributed by atoms with E-state index in [0.717, 1.165) is 19.3 Å². The van der Waals surface area contributed by atoms with Crippen molar-refractivity contribution in [3.8, 4) is 0 Å². The van der Waals surface area contributed by atoms with Crippen LogP contribution in [0.15, 0.2) is 0 Å². The first-order chi connectivity index (χ1) is 5.99. The van der Waals surface area contributed by atoms with Gasteiger partial charge in [0.25, 0.3) is 0 Å². The van der Waals surface area contributed by atoms with Gasteiger partial charge in [0.05, 0.1) is 11.9 Å². The normalized spacial score (nSPS) is 29.4. The molecule has 2 unspecified atom stereocenters. The molecule has 0 amide bonds. The fraction of sp³-hybridized carbons (Fsp3) is 1.00. The average Bonchev–Trinajstić information content (AvgIpc) is 2.34. The highest BCUT2D eigenvalue weighted by atomic mass is 32.2. The number of thioether (sulfide) groups is 1. The Morgan fingerprint density at radius 2 is 2.15 bits per heavy atom. The van der Waals surface area contributed by atoms with Gasteiger partial charge in [-0.25, -0.2) is 8.42 Å². The van der Waals surface area contributed by atoms with E-state index in [1.165, 1.54) is 6.26 Å². The second-order valence-corrected chi connectivity index (χ2v) is 7.14. The minimum Gasteiger partial charge on any atom is -0.392 e. The predicted molar refractivity (Wildman–Crippen MR) is 55.8 cm³/mol. The number of hydrogen-bond acceptors (Lipinski definition) is 4. The summed E-state index contributed by atoms with van der Waals surface area (Å²) < 4.78 is 21.6. The van der Waals surface area contributed by atoms with Gasteiger partial charge in [-0.1, -0.05) is 0 Å². The smallest absolute Gasteiger partial charge is 0.148 e. The van der Waals surface area contributed by atoms with E-state index in [0.29, 0.717) is 5.75 Å². The summed E-state index contributed by atoms with van der Waals surface area (Å²) in [5.41, 5.74) is 0. The highest BCUT2D eigenvalue weighted by molar-refractivity contribution is 8.01. The number of rotatable bonds is 4. The molecule has 1 N–H and O–H groups in total. The first-order valence-corrected chi connectivity index (χ1v) is 7.57. The maximum atomic E-state index is 10.8. The van der Waals surface area contributed by atoms with Crippen LogP contribution in [-0.4, -0.2) is 42.6 Å². The number of hydrogen-bond donors (Lipinski definition) is 1. The maximum Gasteiger partial charge on any atom is 0.148 e. The Bertz CT molecular complexity index is 248. The largest absolute Gasteiger partial charge is 0.392 e. The fourth-order valence-electron chi connectivity index (χ4n) is 1.45. The van der Waals surface area contributed by atoms with Gasteiger partial charge in [-0.15, -0.1) is 0 Å². The highest BCUT2D eigenvalue weighted by Crippen LogP contribution is 2.29. The van der Waals surface area contributed by atoms with Gasteiger partial charge in [0.15, 0.2) is 0 Å². The van der Waals surface area contributed by atoms with Gasteiger partial charge < -0.3 is 5.11 Å². The molecule has 13 heavy (non-hydrogen) atoms. The Hall–Kier alpha value is 0.260. The Labute approximate surface area is 83.8 Å². The van der Waals surface area contributed by atoms with E-state index in [9.17, 15) is 13.5 Å². The van der Waals surface area contributed by atoms with Crippen molar-refractivity contribution in [3.05, 3.63) is 0 Å². The van der Waals surface area contributed by atoms with Crippen molar-refractivity contribution in [3.63, 3.8) is 0 Å². The highest BCUT2D eigenvalue weighted by Gasteiger charge is 2.25. The van der Waals surface area contributed by atoms with Crippen LogP contribution >= 0.6 is 11.8 Å². The van der Waals surface area contributed by atoms with Crippen molar-refractivity contribution in [2.24, 2.45) is 0 Å². The number of aliphatic hydroxyl groups is 1. The van der Waals surface area contributed by atoms with Crippen LogP contribution in [0.25, 0.3) is 0 Å². The van der Waals surface area contributed by atoms with Crippen LogP contribution in [0.5, 0.6) is 0 Å². The first kappa shape index (κ1) is 11.3. The molecule has 0 saturated heterocycles. The molecule has 0 aliphatic heterocycles. The molecule has 0 heterocycles. The minimum absolute atomic E-state index is 0.218. The second kappa shape index (κ2) is 4.66. The van der Waals surface area contributed by atoms with E-state index >= 15 is 0 Å². The summed E-state index contributed by atoms with van der Waals surface area (Å²) in [7, 11) is -2.84. The number of aliphatic hydroxyl groups excluding tert-OH is 1. The van der Waals surface area contributed by atoms with Crippen molar-refractivity contribution < 1.29 is 13.5 Å². The third-order valence-electron chi connectivity index (χ3n) is 2.20. The standard InChI is InChI=1S/C8H16O3S2/c1-13(10,11)6-5-12-8-4-2-3-7(8)9/h7-9H,2-6H2,1H3. The molecule has 1 fully saturated rings. The molecule has 1 saturated carbocycles. The van der Waals surface area contributed by atoms with Crippen LogP contribution in [0, 0.1) is 0 Å². The Kier molecular flexibility index (Phi) is 4.06. The lowest BCUT2D eigenvalue weighted by atomic mass is 10.3. The summed E-state index contributed by atoms with van der Waals surface area (Å²) in [5.74, 6) is 0.835. The summed E-state index contributed by atoms with van der Waals surface area (Å²) in [6.07, 6.45) is 3.99. The van der Waals surface area contributed by atoms with Crippen LogP contribution in [0.4, 0.5) is 0 Å². The lowest BCUT2D eigenvalue weighted by Gasteiger charge is -2.12. The van der Waals surface area contributed by atoms with E-state index in [1.54, 1.807) is 11.8 Å². The molecule has 1 aliphatic carbocycles. The molecule has 78 valence electrons. The zero-order valence-corrected chi connectivity index (χ0v) is 9.40. The van der Waals surface area contributed by atoms with E-state index in [1.807, 2.05) is 0 Å². The molecular weight excluding hydrogens is 208 g/mol. The summed E-state index contributed by atoms with van der Waals surface area (Å²) in [5, 5.41) is 9.71. The molecule has 2 atom stereocenters. The van der Waals surface area contributed by atoms with E-state index in [-0.39, 0.29) is 17.1 Å². The first-order valence-electron chi connectivity index (χ1n) is 4.46. The molecular formula is C8H16O3S2. The fourth-order valence-corrected chi connectivity index (χ4v) is 4.04. The summed E-state index contributed by atoms with van der Waals surface area (Å²) in [6, 6.07) is 0. The van der Waals surface area contributed by atoms with Gasteiger partial charge >= 0.3 is 0 Å². The van der Waals surface area contributed by atoms with Crippen molar-refractivity contribution >= 4 is 21.6 Å². The molecule has 3 nitrogen and oxygen atoms in total. The Morgan fingerprint density at radius 3 is 2.62 bits per heavy atom. The van der Waals surface area contributed by atoms with Gasteiger partial charge in [0.2, 0.25) is 0 Å². The van der Waals surface area contributed by atoms with Crippen LogP contribution in [0.1, 0.15) is 19.3 Å². The van der Waals surface area contributed by atoms with Crippen molar-refractivity contribution in [1.82, 2.24) is 0 Å². The second-order valence-electron chi connectivity index (χ2n) is 3.54. The van der Waals surface area contributed by atoms with E-state index in [4.69, 9.17) is 0 Å². The van der Waals surface area contributed by atoms with E-state index in [2.05, 4.69) is 0 Å². The molecule has 0 aromatic rings. The zero-order chi connectivity index (χ0) is 9.90. The van der Waals surface area contributed by atoms with Gasteiger partial charge in [0, 0.05) is 17.3 Å². The zero-order valence-electron chi connectivity index (χ0n) is 7.77. The van der Waals surface area contributed by atoms with Crippen LogP contribution in [0.3, 0.4) is 0 Å². The van der Waals surface area contributed by atoms with Gasteiger partial charge in [0.1, 0.15) is 9.84 Å². The molecule has 1 aliphatic rings. The Balaban J connectivity index is 2.19. The summed E-state index contributed by atoms with van der Waals surface area (Å²) >= 11 is 1.59. The Morgan fingerprint density at radius 1 is 1.46 bits per heavy atom. The molecule has 5 heteroatoms. The maximum absolute atomic E-state index is 10.8. The van der Waals surface area contributed by atoms with Crippen molar-refractivity contribution in [2.75, 3.05) is 17.8 Å². The van der Waals surface area contributed by atoms with E-state index < -0.39 is 9.84 Å². The van der Waals surface area contributed by atoms with Crippen LogP contribution < -0.4 is 0 Å². The van der Waals surface area contributed by atoms with Crippen LogP contribution in [0.2, 0.25) is 0 Å². The molecule has 0 bridgehead atoms. The minimum atomic E-state index is -2.84. The topological polar surface area (TPSA) is 54.4 Å².